The van der Waals surface area contributed by atoms with Crippen LogP contribution in [0.3, 0.4) is 0 Å². The molecule has 1 saturated carbocycles. The molecular weight excluding hydrogens is 464 g/mol. The third-order valence-electron chi connectivity index (χ3n) is 6.90. The van der Waals surface area contributed by atoms with Gasteiger partial charge in [-0.05, 0) is 49.9 Å². The van der Waals surface area contributed by atoms with Gasteiger partial charge in [0.2, 0.25) is 0 Å². The van der Waals surface area contributed by atoms with Crippen molar-refractivity contribution in [1.29, 1.82) is 0 Å². The quantitative estimate of drug-likeness (QED) is 0.318. The molecule has 6 aromatic heterocycles. The highest BCUT2D eigenvalue weighted by atomic mass is 16.5. The fourth-order valence-electron chi connectivity index (χ4n) is 5.04. The van der Waals surface area contributed by atoms with E-state index >= 15 is 0 Å². The number of fused-ring (bicyclic) bond motifs is 2. The zero-order valence-electron chi connectivity index (χ0n) is 20.1. The van der Waals surface area contributed by atoms with Crippen molar-refractivity contribution in [2.75, 3.05) is 0 Å². The normalized spacial score (nSPS) is 14.4. The van der Waals surface area contributed by atoms with Gasteiger partial charge in [-0.15, -0.1) is 0 Å². The van der Waals surface area contributed by atoms with Gasteiger partial charge in [-0.25, -0.2) is 15.0 Å². The molecule has 0 spiro atoms. The molecule has 2 N–H and O–H groups in total. The van der Waals surface area contributed by atoms with E-state index in [1.54, 1.807) is 18.6 Å². The van der Waals surface area contributed by atoms with Gasteiger partial charge >= 0.3 is 0 Å². The molecule has 37 heavy (non-hydrogen) atoms. The van der Waals surface area contributed by atoms with E-state index in [-0.39, 0.29) is 6.10 Å². The molecule has 6 aromatic rings. The van der Waals surface area contributed by atoms with Gasteiger partial charge in [0.1, 0.15) is 17.0 Å². The fourth-order valence-corrected chi connectivity index (χ4v) is 5.04. The molecule has 0 saturated heterocycles. The number of rotatable bonds is 5. The van der Waals surface area contributed by atoms with Crippen molar-refractivity contribution in [2.45, 2.75) is 38.2 Å². The summed E-state index contributed by atoms with van der Waals surface area (Å²) in [6.07, 6.45) is 17.0. The van der Waals surface area contributed by atoms with E-state index in [2.05, 4.69) is 41.2 Å². The molecular formula is C28H24N8O. The molecule has 0 unspecified atom stereocenters. The average molecular weight is 489 g/mol. The first-order valence-corrected chi connectivity index (χ1v) is 12.5. The van der Waals surface area contributed by atoms with E-state index in [0.29, 0.717) is 22.8 Å². The molecule has 7 rings (SSSR count). The van der Waals surface area contributed by atoms with Crippen LogP contribution >= 0.6 is 0 Å². The Hall–Kier alpha value is -4.66. The van der Waals surface area contributed by atoms with Crippen molar-refractivity contribution in [1.82, 2.24) is 40.1 Å². The molecule has 182 valence electrons. The SMILES string of the molecule is c1cncc(-c2ccnc3[nH]c(-c4n[nH]c5ncc(-c6cncc(OC7CCCCC7)c6)cc45)nc23)c1. The Balaban J connectivity index is 1.26. The third-order valence-corrected chi connectivity index (χ3v) is 6.90. The van der Waals surface area contributed by atoms with E-state index in [0.717, 1.165) is 51.7 Å². The number of aromatic nitrogens is 8. The largest absolute Gasteiger partial charge is 0.489 e. The smallest absolute Gasteiger partial charge is 0.161 e. The van der Waals surface area contributed by atoms with Gasteiger partial charge in [0, 0.05) is 53.2 Å². The summed E-state index contributed by atoms with van der Waals surface area (Å²) in [5.41, 5.74) is 6.63. The van der Waals surface area contributed by atoms with Crippen molar-refractivity contribution >= 4 is 22.2 Å². The first kappa shape index (κ1) is 21.6. The Bertz CT molecular complexity index is 1700. The summed E-state index contributed by atoms with van der Waals surface area (Å²) in [6, 6.07) is 9.96. The van der Waals surface area contributed by atoms with E-state index in [1.165, 1.54) is 19.3 Å². The minimum atomic E-state index is 0.269. The number of nitrogens with one attached hydrogen (secondary N) is 2. The summed E-state index contributed by atoms with van der Waals surface area (Å²) in [5.74, 6) is 1.42. The molecule has 9 nitrogen and oxygen atoms in total. The van der Waals surface area contributed by atoms with Crippen LogP contribution in [0.15, 0.2) is 67.5 Å². The summed E-state index contributed by atoms with van der Waals surface area (Å²) in [5, 5.41) is 8.42. The monoisotopic (exact) mass is 488 g/mol. The Morgan fingerprint density at radius 2 is 1.70 bits per heavy atom. The second-order valence-electron chi connectivity index (χ2n) is 9.36. The zero-order chi connectivity index (χ0) is 24.6. The van der Waals surface area contributed by atoms with Crippen molar-refractivity contribution in [3.63, 3.8) is 0 Å². The summed E-state index contributed by atoms with van der Waals surface area (Å²) >= 11 is 0. The second kappa shape index (κ2) is 9.09. The van der Waals surface area contributed by atoms with Crippen LogP contribution in [0.5, 0.6) is 5.75 Å². The topological polar surface area (TPSA) is 118 Å². The lowest BCUT2D eigenvalue weighted by Crippen LogP contribution is -2.19. The Morgan fingerprint density at radius 1 is 0.811 bits per heavy atom. The molecule has 1 aliphatic rings. The Kier molecular flexibility index (Phi) is 5.31. The predicted octanol–water partition coefficient (Wildman–Crippen LogP) is 5.73. The molecule has 6 heterocycles. The number of ether oxygens (including phenoxy) is 1. The molecule has 1 fully saturated rings. The van der Waals surface area contributed by atoms with Gasteiger partial charge in [-0.1, -0.05) is 12.5 Å². The predicted molar refractivity (Wildman–Crippen MR) is 141 cm³/mol. The standard InChI is InChI=1S/C28H24N8O/c1-2-6-20(7-3-1)37-21-11-18(14-30-16-21)19-12-23-25(35-36-26(23)32-15-19)28-33-24-22(8-10-31-27(24)34-28)17-5-4-9-29-13-17/h4-5,8-16,20H,1-3,6-7H2,(H,31,33,34)(H,32,35,36). The van der Waals surface area contributed by atoms with Crippen LogP contribution in [0, 0.1) is 0 Å². The van der Waals surface area contributed by atoms with Crippen LogP contribution in [-0.2, 0) is 0 Å². The average Bonchev–Trinajstić information content (AvgIpc) is 3.58. The molecule has 0 aliphatic heterocycles. The number of nitrogens with zero attached hydrogens (tertiary/aromatic N) is 6. The lowest BCUT2D eigenvalue weighted by atomic mass is 9.98. The second-order valence-corrected chi connectivity index (χ2v) is 9.36. The lowest BCUT2D eigenvalue weighted by molar-refractivity contribution is 0.154. The zero-order valence-corrected chi connectivity index (χ0v) is 20.1. The van der Waals surface area contributed by atoms with Gasteiger partial charge in [-0.2, -0.15) is 5.10 Å². The summed E-state index contributed by atoms with van der Waals surface area (Å²) in [6.45, 7) is 0. The molecule has 0 bridgehead atoms. The van der Waals surface area contributed by atoms with Crippen LogP contribution in [-0.4, -0.2) is 46.2 Å². The van der Waals surface area contributed by atoms with Crippen LogP contribution < -0.4 is 4.74 Å². The van der Waals surface area contributed by atoms with Gasteiger partial charge in [0.25, 0.3) is 0 Å². The molecule has 0 aromatic carbocycles. The maximum absolute atomic E-state index is 6.24. The van der Waals surface area contributed by atoms with Crippen molar-refractivity contribution < 1.29 is 4.74 Å². The first-order valence-electron chi connectivity index (χ1n) is 12.5. The summed E-state index contributed by atoms with van der Waals surface area (Å²) in [4.78, 5) is 26.0. The van der Waals surface area contributed by atoms with Gasteiger partial charge in [-0.3, -0.25) is 15.1 Å². The molecule has 9 heteroatoms. The minimum absolute atomic E-state index is 0.269. The van der Waals surface area contributed by atoms with Crippen molar-refractivity contribution in [3.05, 3.63) is 67.5 Å². The van der Waals surface area contributed by atoms with Gasteiger partial charge in [0.05, 0.1) is 17.7 Å². The highest BCUT2D eigenvalue weighted by Gasteiger charge is 2.18. The number of imidazole rings is 1. The Labute approximate surface area is 212 Å². The number of H-pyrrole nitrogens is 2. The van der Waals surface area contributed by atoms with E-state index in [9.17, 15) is 0 Å². The van der Waals surface area contributed by atoms with Gasteiger partial charge < -0.3 is 9.72 Å². The van der Waals surface area contributed by atoms with E-state index < -0.39 is 0 Å². The van der Waals surface area contributed by atoms with Crippen LogP contribution in [0.2, 0.25) is 0 Å². The number of aromatic amines is 2. The molecule has 0 atom stereocenters. The van der Waals surface area contributed by atoms with Crippen molar-refractivity contribution in [3.8, 4) is 39.5 Å². The first-order chi connectivity index (χ1) is 18.3. The summed E-state index contributed by atoms with van der Waals surface area (Å²) in [7, 11) is 0. The lowest BCUT2D eigenvalue weighted by Gasteiger charge is -2.23. The maximum atomic E-state index is 6.24. The van der Waals surface area contributed by atoms with Crippen LogP contribution in [0.1, 0.15) is 32.1 Å². The van der Waals surface area contributed by atoms with E-state index in [4.69, 9.17) is 9.72 Å². The van der Waals surface area contributed by atoms with E-state index in [1.807, 2.05) is 42.9 Å². The number of hydrogen-bond donors (Lipinski definition) is 2. The highest BCUT2D eigenvalue weighted by Crippen LogP contribution is 2.32. The Morgan fingerprint density at radius 3 is 2.59 bits per heavy atom. The van der Waals surface area contributed by atoms with Gasteiger partial charge in [0.15, 0.2) is 17.1 Å². The molecule has 0 amide bonds. The fraction of sp³-hybridized carbons (Fsp3) is 0.214. The minimum Gasteiger partial charge on any atom is -0.489 e. The summed E-state index contributed by atoms with van der Waals surface area (Å²) < 4.78 is 6.24. The van der Waals surface area contributed by atoms with Crippen LogP contribution in [0.4, 0.5) is 0 Å². The maximum Gasteiger partial charge on any atom is 0.161 e. The number of hydrogen-bond acceptors (Lipinski definition) is 7. The highest BCUT2D eigenvalue weighted by molar-refractivity contribution is 5.96. The van der Waals surface area contributed by atoms with Crippen molar-refractivity contribution in [2.24, 2.45) is 0 Å². The third kappa shape index (κ3) is 4.08. The molecule has 0 radical (unpaired) electrons. The van der Waals surface area contributed by atoms with Crippen LogP contribution in [0.25, 0.3) is 56.0 Å². The number of pyridine rings is 4. The molecule has 1 aliphatic carbocycles.